The lowest BCUT2D eigenvalue weighted by molar-refractivity contribution is 0.417. The number of thioether (sulfide) groups is 1. The minimum atomic E-state index is 0.733. The van der Waals surface area contributed by atoms with Crippen molar-refractivity contribution >= 4 is 28.7 Å². The van der Waals surface area contributed by atoms with E-state index < -0.39 is 0 Å². The van der Waals surface area contributed by atoms with Crippen molar-refractivity contribution in [1.82, 2.24) is 4.90 Å². The van der Waals surface area contributed by atoms with E-state index in [2.05, 4.69) is 48.7 Å². The molecule has 1 aromatic carbocycles. The summed E-state index contributed by atoms with van der Waals surface area (Å²) in [6.45, 7) is 1.03. The Morgan fingerprint density at radius 1 is 1.27 bits per heavy atom. The Morgan fingerprint density at radius 2 is 2.14 bits per heavy atom. The first-order valence-electron chi connectivity index (χ1n) is 7.28. The average Bonchev–Trinajstić information content (AvgIpc) is 2.92. The van der Waals surface area contributed by atoms with Crippen LogP contribution in [0.3, 0.4) is 0 Å². The molecule has 0 spiro atoms. The van der Waals surface area contributed by atoms with Gasteiger partial charge in [-0.1, -0.05) is 6.08 Å². The molecule has 0 atom stereocenters. The van der Waals surface area contributed by atoms with Gasteiger partial charge < -0.3 is 4.90 Å². The van der Waals surface area contributed by atoms with E-state index in [0.717, 1.165) is 24.3 Å². The highest BCUT2D eigenvalue weighted by molar-refractivity contribution is 7.98. The summed E-state index contributed by atoms with van der Waals surface area (Å²) in [6.07, 6.45) is 3.34. The van der Waals surface area contributed by atoms with Gasteiger partial charge in [0.15, 0.2) is 0 Å². The molecular formula is C18H18N2S2. The molecule has 2 aromatic rings. The van der Waals surface area contributed by atoms with Crippen molar-refractivity contribution in [1.29, 1.82) is 5.26 Å². The molecule has 2 heterocycles. The fourth-order valence-electron chi connectivity index (χ4n) is 2.60. The number of benzene rings is 1. The van der Waals surface area contributed by atoms with E-state index in [-0.39, 0.29) is 0 Å². The second-order valence-corrected chi connectivity index (χ2v) is 7.60. The Hall–Kier alpha value is -1.54. The van der Waals surface area contributed by atoms with Crippen LogP contribution in [0, 0.1) is 11.3 Å². The van der Waals surface area contributed by atoms with E-state index in [1.165, 1.54) is 26.5 Å². The monoisotopic (exact) mass is 326 g/mol. The Bertz CT molecular complexity index is 751. The molecule has 0 N–H and O–H groups in total. The quantitative estimate of drug-likeness (QED) is 0.824. The molecule has 4 heteroatoms. The van der Waals surface area contributed by atoms with Gasteiger partial charge >= 0.3 is 0 Å². The van der Waals surface area contributed by atoms with Crippen LogP contribution in [0.25, 0.3) is 5.57 Å². The first-order valence-corrected chi connectivity index (χ1v) is 9.14. The molecule has 112 valence electrons. The van der Waals surface area contributed by atoms with Gasteiger partial charge in [0.2, 0.25) is 0 Å². The van der Waals surface area contributed by atoms with Crippen molar-refractivity contribution in [2.75, 3.05) is 20.6 Å². The van der Waals surface area contributed by atoms with Crippen molar-refractivity contribution in [3.05, 3.63) is 57.3 Å². The van der Waals surface area contributed by atoms with Crippen LogP contribution < -0.4 is 0 Å². The zero-order chi connectivity index (χ0) is 15.5. The lowest BCUT2D eigenvalue weighted by Crippen LogP contribution is -2.12. The first-order chi connectivity index (χ1) is 10.7. The molecule has 0 aliphatic carbocycles. The van der Waals surface area contributed by atoms with E-state index in [0.29, 0.717) is 0 Å². The summed E-state index contributed by atoms with van der Waals surface area (Å²) in [7, 11) is 4.19. The van der Waals surface area contributed by atoms with E-state index in [1.807, 2.05) is 35.2 Å². The van der Waals surface area contributed by atoms with Crippen LogP contribution in [0.1, 0.15) is 28.0 Å². The number of rotatable bonds is 3. The van der Waals surface area contributed by atoms with Crippen LogP contribution in [0.2, 0.25) is 0 Å². The topological polar surface area (TPSA) is 27.0 Å². The molecule has 3 rings (SSSR count). The highest BCUT2D eigenvalue weighted by Gasteiger charge is 2.19. The van der Waals surface area contributed by atoms with Gasteiger partial charge in [0.05, 0.1) is 11.6 Å². The molecule has 22 heavy (non-hydrogen) atoms. The van der Waals surface area contributed by atoms with Gasteiger partial charge in [-0.15, -0.1) is 23.1 Å². The number of nitrogens with zero attached hydrogens (tertiary/aromatic N) is 2. The molecule has 0 radical (unpaired) electrons. The van der Waals surface area contributed by atoms with E-state index in [9.17, 15) is 5.26 Å². The summed E-state index contributed by atoms with van der Waals surface area (Å²) in [6, 6.07) is 10.5. The van der Waals surface area contributed by atoms with Gasteiger partial charge in [0, 0.05) is 22.1 Å². The molecule has 2 nitrogen and oxygen atoms in total. The predicted molar refractivity (Wildman–Crippen MR) is 95.3 cm³/mol. The van der Waals surface area contributed by atoms with Crippen molar-refractivity contribution in [2.24, 2.45) is 0 Å². The number of nitriles is 1. The summed E-state index contributed by atoms with van der Waals surface area (Å²) >= 11 is 3.69. The first kappa shape index (κ1) is 15.4. The van der Waals surface area contributed by atoms with Gasteiger partial charge in [0.1, 0.15) is 0 Å². The maximum atomic E-state index is 9.22. The zero-order valence-corrected chi connectivity index (χ0v) is 14.4. The number of fused-ring (bicyclic) bond motifs is 2. The standard InChI is InChI=1S/C18H18N2S2/c1-20(2)8-3-4-14-15-7-9-21-18(15)12-22-17-6-5-13(11-19)10-16(14)17/h4-7,9-10H,3,8,12H2,1-2H3/b14-4+. The van der Waals surface area contributed by atoms with E-state index in [1.54, 1.807) is 0 Å². The molecule has 1 aliphatic heterocycles. The lowest BCUT2D eigenvalue weighted by atomic mass is 9.96. The number of hydrogen-bond donors (Lipinski definition) is 0. The van der Waals surface area contributed by atoms with Crippen LogP contribution in [-0.2, 0) is 5.75 Å². The zero-order valence-electron chi connectivity index (χ0n) is 12.8. The summed E-state index contributed by atoms with van der Waals surface area (Å²) in [5.41, 5.74) is 4.57. The molecular weight excluding hydrogens is 308 g/mol. The van der Waals surface area contributed by atoms with Gasteiger partial charge in [-0.2, -0.15) is 5.26 Å². The molecule has 0 unspecified atom stereocenters. The van der Waals surface area contributed by atoms with Crippen LogP contribution in [0.15, 0.2) is 40.6 Å². The van der Waals surface area contributed by atoms with Gasteiger partial charge in [-0.05, 0) is 66.9 Å². The van der Waals surface area contributed by atoms with Crippen LogP contribution in [0.5, 0.6) is 0 Å². The fraction of sp³-hybridized carbons (Fsp3) is 0.278. The number of thiophene rings is 1. The van der Waals surface area contributed by atoms with Gasteiger partial charge in [-0.25, -0.2) is 0 Å². The maximum Gasteiger partial charge on any atom is 0.0991 e. The molecule has 0 saturated heterocycles. The highest BCUT2D eigenvalue weighted by atomic mass is 32.2. The lowest BCUT2D eigenvalue weighted by Gasteiger charge is -2.12. The molecule has 0 fully saturated rings. The normalized spacial score (nSPS) is 15.3. The molecule has 0 bridgehead atoms. The summed E-state index contributed by atoms with van der Waals surface area (Å²) < 4.78 is 0. The minimum Gasteiger partial charge on any atom is -0.309 e. The van der Waals surface area contributed by atoms with Gasteiger partial charge in [0.25, 0.3) is 0 Å². The Balaban J connectivity index is 2.09. The van der Waals surface area contributed by atoms with E-state index in [4.69, 9.17) is 0 Å². The third kappa shape index (κ3) is 3.12. The molecule has 0 saturated carbocycles. The van der Waals surface area contributed by atoms with Gasteiger partial charge in [-0.3, -0.25) is 0 Å². The SMILES string of the molecule is CN(C)CC/C=C1/c2cc(C#N)ccc2SCc2sccc21. The molecule has 1 aromatic heterocycles. The van der Waals surface area contributed by atoms with Crippen molar-refractivity contribution in [2.45, 2.75) is 17.1 Å². The molecule has 0 amide bonds. The predicted octanol–water partition coefficient (Wildman–Crippen LogP) is 4.61. The number of hydrogen-bond acceptors (Lipinski definition) is 4. The summed E-state index contributed by atoms with van der Waals surface area (Å²) in [5.74, 6) is 1.01. The van der Waals surface area contributed by atoms with E-state index >= 15 is 0 Å². The third-order valence-electron chi connectivity index (χ3n) is 3.72. The molecule has 1 aliphatic rings. The van der Waals surface area contributed by atoms with Crippen LogP contribution in [-0.4, -0.2) is 25.5 Å². The largest absolute Gasteiger partial charge is 0.309 e. The summed E-state index contributed by atoms with van der Waals surface area (Å²) in [5, 5.41) is 11.4. The maximum absolute atomic E-state index is 9.22. The second kappa shape index (κ2) is 6.70. The van der Waals surface area contributed by atoms with Crippen LogP contribution >= 0.6 is 23.1 Å². The Labute approximate surface area is 140 Å². The average molecular weight is 326 g/mol. The highest BCUT2D eigenvalue weighted by Crippen LogP contribution is 2.42. The smallest absolute Gasteiger partial charge is 0.0991 e. The van der Waals surface area contributed by atoms with Crippen LogP contribution in [0.4, 0.5) is 0 Å². The Morgan fingerprint density at radius 3 is 2.91 bits per heavy atom. The fourth-order valence-corrected chi connectivity index (χ4v) is 4.66. The van der Waals surface area contributed by atoms with Crippen molar-refractivity contribution in [3.63, 3.8) is 0 Å². The summed E-state index contributed by atoms with van der Waals surface area (Å²) in [4.78, 5) is 4.90. The Kier molecular flexibility index (Phi) is 4.68. The van der Waals surface area contributed by atoms with Crippen molar-refractivity contribution < 1.29 is 0 Å². The van der Waals surface area contributed by atoms with Crippen molar-refractivity contribution in [3.8, 4) is 6.07 Å². The third-order valence-corrected chi connectivity index (χ3v) is 5.92. The second-order valence-electron chi connectivity index (χ2n) is 5.58. The minimum absolute atomic E-state index is 0.733.